The molecule has 1 aromatic carbocycles. The van der Waals surface area contributed by atoms with E-state index in [9.17, 15) is 4.79 Å². The summed E-state index contributed by atoms with van der Waals surface area (Å²) in [5.41, 5.74) is 0.827. The minimum atomic E-state index is -0.0689. The van der Waals surface area contributed by atoms with Gasteiger partial charge in [-0.1, -0.05) is 13.8 Å². The summed E-state index contributed by atoms with van der Waals surface area (Å²) < 4.78 is 15.8. The van der Waals surface area contributed by atoms with Crippen LogP contribution in [0.1, 0.15) is 19.4 Å². The van der Waals surface area contributed by atoms with Crippen molar-refractivity contribution in [2.75, 3.05) is 27.9 Å². The van der Waals surface area contributed by atoms with E-state index in [1.54, 1.807) is 33.5 Å². The second-order valence-electron chi connectivity index (χ2n) is 4.83. The van der Waals surface area contributed by atoms with Crippen molar-refractivity contribution < 1.29 is 19.0 Å². The third kappa shape index (κ3) is 5.15. The highest BCUT2D eigenvalue weighted by molar-refractivity contribution is 5.78. The third-order valence-corrected chi connectivity index (χ3v) is 2.93. The van der Waals surface area contributed by atoms with Crippen molar-refractivity contribution in [1.29, 1.82) is 0 Å². The van der Waals surface area contributed by atoms with Crippen LogP contribution in [0.15, 0.2) is 12.1 Å². The van der Waals surface area contributed by atoms with Gasteiger partial charge in [0.15, 0.2) is 11.5 Å². The first-order valence-corrected chi connectivity index (χ1v) is 6.80. The summed E-state index contributed by atoms with van der Waals surface area (Å²) in [6, 6.07) is 3.81. The maximum absolute atomic E-state index is 11.7. The zero-order chi connectivity index (χ0) is 15.8. The highest BCUT2D eigenvalue weighted by Gasteiger charge is 2.12. The topological polar surface area (TPSA) is 68.8 Å². The predicted octanol–water partition coefficient (Wildman–Crippen LogP) is 1.33. The van der Waals surface area contributed by atoms with Crippen LogP contribution in [-0.4, -0.2) is 39.8 Å². The van der Waals surface area contributed by atoms with Crippen molar-refractivity contribution in [3.05, 3.63) is 17.7 Å². The van der Waals surface area contributed by atoms with Crippen molar-refractivity contribution in [2.24, 2.45) is 0 Å². The van der Waals surface area contributed by atoms with Crippen LogP contribution in [0, 0.1) is 0 Å². The van der Waals surface area contributed by atoms with E-state index >= 15 is 0 Å². The Morgan fingerprint density at radius 1 is 1.05 bits per heavy atom. The Morgan fingerprint density at radius 3 is 2.14 bits per heavy atom. The third-order valence-electron chi connectivity index (χ3n) is 2.93. The standard InChI is InChI=1S/C15H24N2O4/c1-10(2)16-9-15(18)17-8-11-6-13(20-4)14(21-5)7-12(11)19-3/h6-7,10,16H,8-9H2,1-5H3,(H,17,18). The first-order chi connectivity index (χ1) is 10.0. The molecule has 0 spiro atoms. The number of hydrogen-bond donors (Lipinski definition) is 2. The van der Waals surface area contributed by atoms with E-state index in [1.165, 1.54) is 0 Å². The molecule has 0 radical (unpaired) electrons. The van der Waals surface area contributed by atoms with Gasteiger partial charge in [-0.15, -0.1) is 0 Å². The van der Waals surface area contributed by atoms with Crippen molar-refractivity contribution in [2.45, 2.75) is 26.4 Å². The highest BCUT2D eigenvalue weighted by Crippen LogP contribution is 2.34. The number of carbonyl (C=O) groups is 1. The van der Waals surface area contributed by atoms with Gasteiger partial charge in [-0.2, -0.15) is 0 Å². The molecule has 6 heteroatoms. The van der Waals surface area contributed by atoms with Gasteiger partial charge in [0.2, 0.25) is 5.91 Å². The zero-order valence-electron chi connectivity index (χ0n) is 13.3. The largest absolute Gasteiger partial charge is 0.496 e. The molecular weight excluding hydrogens is 272 g/mol. The molecule has 0 saturated heterocycles. The average molecular weight is 296 g/mol. The highest BCUT2D eigenvalue weighted by atomic mass is 16.5. The normalized spacial score (nSPS) is 10.4. The van der Waals surface area contributed by atoms with Crippen molar-refractivity contribution in [3.63, 3.8) is 0 Å². The lowest BCUT2D eigenvalue weighted by Crippen LogP contribution is -2.36. The van der Waals surface area contributed by atoms with Crippen molar-refractivity contribution in [3.8, 4) is 17.2 Å². The van der Waals surface area contributed by atoms with Gasteiger partial charge in [0, 0.05) is 24.2 Å². The van der Waals surface area contributed by atoms with Gasteiger partial charge < -0.3 is 24.8 Å². The van der Waals surface area contributed by atoms with Crippen LogP contribution in [0.5, 0.6) is 17.2 Å². The molecule has 6 nitrogen and oxygen atoms in total. The minimum Gasteiger partial charge on any atom is -0.496 e. The fourth-order valence-corrected chi connectivity index (χ4v) is 1.78. The molecular formula is C15H24N2O4. The lowest BCUT2D eigenvalue weighted by atomic mass is 10.1. The predicted molar refractivity (Wildman–Crippen MR) is 81.1 cm³/mol. The van der Waals surface area contributed by atoms with Crippen LogP contribution in [0.25, 0.3) is 0 Å². The SMILES string of the molecule is COc1cc(OC)c(OC)cc1CNC(=O)CNC(C)C. The van der Waals surface area contributed by atoms with Gasteiger partial charge >= 0.3 is 0 Å². The van der Waals surface area contributed by atoms with Crippen LogP contribution in [-0.2, 0) is 11.3 Å². The fourth-order valence-electron chi connectivity index (χ4n) is 1.78. The van der Waals surface area contributed by atoms with Crippen LogP contribution in [0.3, 0.4) is 0 Å². The molecule has 0 aromatic heterocycles. The molecule has 0 aliphatic rings. The monoisotopic (exact) mass is 296 g/mol. The molecule has 1 aromatic rings. The van der Waals surface area contributed by atoms with E-state index in [4.69, 9.17) is 14.2 Å². The maximum Gasteiger partial charge on any atom is 0.234 e. The summed E-state index contributed by atoms with van der Waals surface area (Å²) in [6.45, 7) is 4.63. The fraction of sp³-hybridized carbons (Fsp3) is 0.533. The molecule has 0 unspecified atom stereocenters. The number of hydrogen-bond acceptors (Lipinski definition) is 5. The van der Waals surface area contributed by atoms with E-state index in [1.807, 2.05) is 13.8 Å². The van der Waals surface area contributed by atoms with E-state index < -0.39 is 0 Å². The molecule has 0 bridgehead atoms. The number of rotatable bonds is 8. The Bertz CT molecular complexity index is 475. The molecule has 118 valence electrons. The minimum absolute atomic E-state index is 0.0689. The Hall–Kier alpha value is -1.95. The Kier molecular flexibility index (Phi) is 6.81. The second-order valence-corrected chi connectivity index (χ2v) is 4.83. The molecule has 1 amide bonds. The first-order valence-electron chi connectivity index (χ1n) is 6.80. The van der Waals surface area contributed by atoms with Gasteiger partial charge in [-0.3, -0.25) is 4.79 Å². The summed E-state index contributed by atoms with van der Waals surface area (Å²) in [4.78, 5) is 11.7. The van der Waals surface area contributed by atoms with E-state index in [0.29, 0.717) is 23.8 Å². The number of ether oxygens (including phenoxy) is 3. The van der Waals surface area contributed by atoms with Crippen molar-refractivity contribution in [1.82, 2.24) is 10.6 Å². The van der Waals surface area contributed by atoms with E-state index in [0.717, 1.165) is 5.56 Å². The quantitative estimate of drug-likeness (QED) is 0.757. The lowest BCUT2D eigenvalue weighted by Gasteiger charge is -2.15. The molecule has 0 saturated carbocycles. The molecule has 1 rings (SSSR count). The number of carbonyl (C=O) groups excluding carboxylic acids is 1. The first kappa shape index (κ1) is 17.1. The maximum atomic E-state index is 11.7. The molecule has 21 heavy (non-hydrogen) atoms. The van der Waals surface area contributed by atoms with Gasteiger partial charge in [0.25, 0.3) is 0 Å². The van der Waals surface area contributed by atoms with Gasteiger partial charge in [-0.25, -0.2) is 0 Å². The smallest absolute Gasteiger partial charge is 0.234 e. The average Bonchev–Trinajstić information content (AvgIpc) is 2.49. The number of benzene rings is 1. The number of nitrogens with one attached hydrogen (secondary N) is 2. The zero-order valence-corrected chi connectivity index (χ0v) is 13.3. The summed E-state index contributed by atoms with van der Waals surface area (Å²) in [7, 11) is 4.71. The van der Waals surface area contributed by atoms with Crippen LogP contribution in [0.4, 0.5) is 0 Å². The van der Waals surface area contributed by atoms with Crippen LogP contribution in [0.2, 0.25) is 0 Å². The Labute approximate surface area is 125 Å². The van der Waals surface area contributed by atoms with E-state index in [2.05, 4.69) is 10.6 Å². The molecule has 0 heterocycles. The van der Waals surface area contributed by atoms with E-state index in [-0.39, 0.29) is 18.5 Å². The summed E-state index contributed by atoms with van der Waals surface area (Å²) in [5.74, 6) is 1.76. The molecule has 2 N–H and O–H groups in total. The summed E-state index contributed by atoms with van der Waals surface area (Å²) in [6.07, 6.45) is 0. The van der Waals surface area contributed by atoms with Gasteiger partial charge in [-0.05, 0) is 6.07 Å². The van der Waals surface area contributed by atoms with Crippen molar-refractivity contribution >= 4 is 5.91 Å². The number of amides is 1. The summed E-state index contributed by atoms with van der Waals surface area (Å²) >= 11 is 0. The molecule has 0 fully saturated rings. The molecule has 0 aliphatic heterocycles. The summed E-state index contributed by atoms with van der Waals surface area (Å²) in [5, 5.41) is 5.90. The van der Waals surface area contributed by atoms with Crippen LogP contribution >= 0.6 is 0 Å². The van der Waals surface area contributed by atoms with Gasteiger partial charge in [0.05, 0.1) is 27.9 Å². The Balaban J connectivity index is 2.75. The lowest BCUT2D eigenvalue weighted by molar-refractivity contribution is -0.120. The molecule has 0 aliphatic carbocycles. The Morgan fingerprint density at radius 2 is 1.62 bits per heavy atom. The van der Waals surface area contributed by atoms with Gasteiger partial charge in [0.1, 0.15) is 5.75 Å². The number of methoxy groups -OCH3 is 3. The van der Waals surface area contributed by atoms with Crippen LogP contribution < -0.4 is 24.8 Å². The second kappa shape index (κ2) is 8.36. The molecule has 0 atom stereocenters.